The van der Waals surface area contributed by atoms with E-state index in [1.165, 1.54) is 4.90 Å². The van der Waals surface area contributed by atoms with Crippen LogP contribution in [0.2, 0.25) is 0 Å². The number of aryl methyl sites for hydroxylation is 2. The molecule has 9 heteroatoms. The number of rotatable bonds is 7. The monoisotopic (exact) mass is 493 g/mol. The minimum atomic E-state index is -1.01. The van der Waals surface area contributed by atoms with Gasteiger partial charge in [-0.2, -0.15) is 4.37 Å². The summed E-state index contributed by atoms with van der Waals surface area (Å²) in [6.07, 6.45) is 0.823. The highest BCUT2D eigenvalue weighted by Gasteiger charge is 2.37. The Morgan fingerprint density at radius 2 is 1.66 bits per heavy atom. The Labute approximate surface area is 209 Å². The lowest BCUT2D eigenvalue weighted by atomic mass is 9.99. The van der Waals surface area contributed by atoms with Gasteiger partial charge in [0.05, 0.1) is 5.69 Å². The molecule has 184 valence electrons. The summed E-state index contributed by atoms with van der Waals surface area (Å²) in [5, 5.41) is 3.00. The Kier molecular flexibility index (Phi) is 7.60. The molecule has 2 aromatic carbocycles. The first kappa shape index (κ1) is 25.9. The number of carbonyl (C=O) groups is 3. The van der Waals surface area contributed by atoms with Crippen LogP contribution in [-0.2, 0) is 11.2 Å². The van der Waals surface area contributed by atoms with Crippen molar-refractivity contribution in [3.05, 3.63) is 75.8 Å². The van der Waals surface area contributed by atoms with Crippen LogP contribution >= 0.6 is 11.5 Å². The molecule has 35 heavy (non-hydrogen) atoms. The highest BCUT2D eigenvalue weighted by atomic mass is 32.1. The molecular weight excluding hydrogens is 462 g/mol. The van der Waals surface area contributed by atoms with Crippen molar-refractivity contribution in [1.29, 1.82) is 0 Å². The third kappa shape index (κ3) is 5.86. The average molecular weight is 494 g/mol. The van der Waals surface area contributed by atoms with Crippen LogP contribution < -0.4 is 21.7 Å². The Hall–Kier alpha value is -3.72. The summed E-state index contributed by atoms with van der Waals surface area (Å²) < 4.78 is 3.98. The fourth-order valence-electron chi connectivity index (χ4n) is 3.62. The molecular formula is C26H31N5O3S. The van der Waals surface area contributed by atoms with Crippen LogP contribution in [0.25, 0.3) is 0 Å². The number of carbonyl (C=O) groups excluding carboxylic acids is 3. The van der Waals surface area contributed by atoms with Crippen LogP contribution in [-0.4, -0.2) is 27.6 Å². The van der Waals surface area contributed by atoms with Gasteiger partial charge in [0, 0.05) is 11.2 Å². The summed E-state index contributed by atoms with van der Waals surface area (Å²) in [7, 11) is 0. The maximum Gasteiger partial charge on any atom is 0.273 e. The summed E-state index contributed by atoms with van der Waals surface area (Å²) in [5.41, 5.74) is 13.9. The van der Waals surface area contributed by atoms with Crippen molar-refractivity contribution in [2.75, 3.05) is 10.6 Å². The average Bonchev–Trinajstić information content (AvgIpc) is 3.18. The van der Waals surface area contributed by atoms with E-state index in [2.05, 4.69) is 9.69 Å². The molecule has 0 saturated carbocycles. The lowest BCUT2D eigenvalue weighted by molar-refractivity contribution is -0.123. The fraction of sp³-hybridized carbons (Fsp3) is 0.308. The Morgan fingerprint density at radius 3 is 2.14 bits per heavy atom. The topological polar surface area (TPSA) is 131 Å². The van der Waals surface area contributed by atoms with Gasteiger partial charge in [-0.3, -0.25) is 19.3 Å². The largest absolute Gasteiger partial charge is 0.395 e. The molecule has 5 N–H and O–H groups in total. The molecule has 8 nitrogen and oxygen atoms in total. The molecule has 0 aliphatic carbocycles. The lowest BCUT2D eigenvalue weighted by Gasteiger charge is -2.33. The molecule has 3 rings (SSSR count). The van der Waals surface area contributed by atoms with Gasteiger partial charge < -0.3 is 16.8 Å². The predicted molar refractivity (Wildman–Crippen MR) is 139 cm³/mol. The van der Waals surface area contributed by atoms with Crippen LogP contribution in [0.15, 0.2) is 48.5 Å². The lowest BCUT2D eigenvalue weighted by Crippen LogP contribution is -2.49. The number of nitrogen functional groups attached to an aromatic ring is 1. The fourth-order valence-corrected chi connectivity index (χ4v) is 4.36. The molecule has 1 atom stereocenters. The van der Waals surface area contributed by atoms with E-state index >= 15 is 0 Å². The molecule has 1 aromatic heterocycles. The zero-order valence-corrected chi connectivity index (χ0v) is 21.4. The van der Waals surface area contributed by atoms with E-state index in [0.29, 0.717) is 11.3 Å². The van der Waals surface area contributed by atoms with Gasteiger partial charge in [0.25, 0.3) is 11.8 Å². The van der Waals surface area contributed by atoms with Crippen molar-refractivity contribution in [1.82, 2.24) is 9.69 Å². The first-order valence-corrected chi connectivity index (χ1v) is 12.1. The maximum atomic E-state index is 14.0. The Bertz CT molecular complexity index is 1230. The van der Waals surface area contributed by atoms with E-state index in [-0.39, 0.29) is 22.2 Å². The zero-order chi connectivity index (χ0) is 25.9. The Morgan fingerprint density at radius 1 is 1.06 bits per heavy atom. The molecule has 0 bridgehead atoms. The van der Waals surface area contributed by atoms with Crippen LogP contribution in [0.5, 0.6) is 0 Å². The Balaban J connectivity index is 2.23. The van der Waals surface area contributed by atoms with Gasteiger partial charge in [-0.25, -0.2) is 0 Å². The van der Waals surface area contributed by atoms with Crippen molar-refractivity contribution in [3.63, 3.8) is 0 Å². The molecule has 0 aliphatic rings. The van der Waals surface area contributed by atoms with Crippen molar-refractivity contribution in [2.45, 2.75) is 52.6 Å². The molecule has 3 aromatic rings. The molecule has 0 fully saturated rings. The van der Waals surface area contributed by atoms with Crippen molar-refractivity contribution in [3.8, 4) is 0 Å². The van der Waals surface area contributed by atoms with Gasteiger partial charge in [0.15, 0.2) is 5.69 Å². The number of nitrogens with one attached hydrogen (secondary N) is 1. The van der Waals surface area contributed by atoms with Gasteiger partial charge in [0.1, 0.15) is 10.9 Å². The smallest absolute Gasteiger partial charge is 0.273 e. The van der Waals surface area contributed by atoms with Crippen LogP contribution in [0.1, 0.15) is 70.6 Å². The summed E-state index contributed by atoms with van der Waals surface area (Å²) in [5.74, 6) is -1.73. The molecule has 1 heterocycles. The van der Waals surface area contributed by atoms with Crippen molar-refractivity contribution < 1.29 is 14.4 Å². The number of hydrogen-bond acceptors (Lipinski definition) is 6. The second-order valence-electron chi connectivity index (χ2n) is 9.39. The quantitative estimate of drug-likeness (QED) is 0.458. The van der Waals surface area contributed by atoms with Crippen LogP contribution in [0.3, 0.4) is 0 Å². The van der Waals surface area contributed by atoms with E-state index in [1.54, 1.807) is 12.1 Å². The standard InChI is InChI=1S/C26H31N5O3S/c1-6-16-9-13-18(14-10-16)31(25(34)22-19(27)20(23(28)32)30-35-22)21(24(33)29-26(3,4)5)17-11-7-15(2)8-12-17/h7-14,21H,6,27H2,1-5H3,(H2,28,32)(H,29,33)/t21-/m0/s1. The highest BCUT2D eigenvalue weighted by Crippen LogP contribution is 2.33. The number of aromatic nitrogens is 1. The second-order valence-corrected chi connectivity index (χ2v) is 10.2. The number of benzene rings is 2. The molecule has 0 aliphatic heterocycles. The molecule has 0 unspecified atom stereocenters. The summed E-state index contributed by atoms with van der Waals surface area (Å²) in [4.78, 5) is 40.8. The van der Waals surface area contributed by atoms with Crippen LogP contribution in [0, 0.1) is 6.92 Å². The number of anilines is 2. The molecule has 0 saturated heterocycles. The first-order chi connectivity index (χ1) is 16.4. The maximum absolute atomic E-state index is 14.0. The molecule has 3 amide bonds. The van der Waals surface area contributed by atoms with Crippen LogP contribution in [0.4, 0.5) is 11.4 Å². The molecule has 0 radical (unpaired) electrons. The van der Waals surface area contributed by atoms with Gasteiger partial charge >= 0.3 is 0 Å². The van der Waals surface area contributed by atoms with Crippen molar-refractivity contribution >= 4 is 40.6 Å². The minimum Gasteiger partial charge on any atom is -0.395 e. The summed E-state index contributed by atoms with van der Waals surface area (Å²) >= 11 is 0.784. The predicted octanol–water partition coefficient (Wildman–Crippen LogP) is 4.00. The number of amides is 3. The number of nitrogens with zero attached hydrogens (tertiary/aromatic N) is 2. The summed E-state index contributed by atoms with van der Waals surface area (Å²) in [6.45, 7) is 9.61. The third-order valence-electron chi connectivity index (χ3n) is 5.39. The first-order valence-electron chi connectivity index (χ1n) is 11.3. The SMILES string of the molecule is CCc1ccc(N(C(=O)c2snc(C(N)=O)c2N)[C@H](C(=O)NC(C)(C)C)c2ccc(C)cc2)cc1. The van der Waals surface area contributed by atoms with Gasteiger partial charge in [0.2, 0.25) is 5.91 Å². The third-order valence-corrected chi connectivity index (χ3v) is 6.25. The highest BCUT2D eigenvalue weighted by molar-refractivity contribution is 7.09. The van der Waals surface area contributed by atoms with E-state index in [4.69, 9.17) is 11.5 Å². The second kappa shape index (κ2) is 10.3. The number of hydrogen-bond donors (Lipinski definition) is 3. The molecule has 0 spiro atoms. The van der Waals surface area contributed by atoms with Gasteiger partial charge in [-0.05, 0) is 68.9 Å². The van der Waals surface area contributed by atoms with E-state index in [9.17, 15) is 14.4 Å². The number of nitrogens with two attached hydrogens (primary N) is 2. The normalized spacial score (nSPS) is 12.1. The number of primary amides is 1. The van der Waals surface area contributed by atoms with Gasteiger partial charge in [-0.15, -0.1) is 0 Å². The van der Waals surface area contributed by atoms with Gasteiger partial charge in [-0.1, -0.05) is 48.9 Å². The summed E-state index contributed by atoms with van der Waals surface area (Å²) in [6, 6.07) is 13.9. The van der Waals surface area contributed by atoms with E-state index < -0.39 is 23.4 Å². The van der Waals surface area contributed by atoms with Crippen molar-refractivity contribution in [2.24, 2.45) is 5.73 Å². The zero-order valence-electron chi connectivity index (χ0n) is 20.6. The van der Waals surface area contributed by atoms with E-state index in [1.807, 2.05) is 71.0 Å². The minimum absolute atomic E-state index is 0.0408. The van der Waals surface area contributed by atoms with E-state index in [0.717, 1.165) is 29.1 Å².